The predicted octanol–water partition coefficient (Wildman–Crippen LogP) is 6.44. The lowest BCUT2D eigenvalue weighted by atomic mass is 9.77. The molecule has 0 saturated carbocycles. The number of hydrogen-bond acceptors (Lipinski definition) is 6. The zero-order valence-electron chi connectivity index (χ0n) is 22.1. The second kappa shape index (κ2) is 13.2. The van der Waals surface area contributed by atoms with Crippen molar-refractivity contribution in [2.75, 3.05) is 0 Å². The van der Waals surface area contributed by atoms with Crippen LogP contribution in [0.2, 0.25) is 0 Å². The van der Waals surface area contributed by atoms with Gasteiger partial charge in [0.2, 0.25) is 5.90 Å². The minimum absolute atomic E-state index is 0.0323. The van der Waals surface area contributed by atoms with Crippen LogP contribution in [0.3, 0.4) is 0 Å². The smallest absolute Gasteiger partial charge is 0.426 e. The van der Waals surface area contributed by atoms with Gasteiger partial charge in [-0.15, -0.1) is 31.4 Å². The molecule has 0 spiro atoms. The maximum absolute atomic E-state index is 13.3. The second-order valence-corrected chi connectivity index (χ2v) is 8.70. The third-order valence-electron chi connectivity index (χ3n) is 5.70. The number of ether oxygens (including phenoxy) is 3. The quantitative estimate of drug-likeness (QED) is 0.0624. The molecule has 0 unspecified atom stereocenters. The molecule has 0 aliphatic carbocycles. The Bertz CT molecular complexity index is 1350. The highest BCUT2D eigenvalue weighted by atomic mass is 19.4. The molecule has 42 heavy (non-hydrogen) atoms. The third-order valence-corrected chi connectivity index (χ3v) is 5.70. The molecule has 224 valence electrons. The Labute approximate surface area is 236 Å². The molecule has 8 nitrogen and oxygen atoms in total. The van der Waals surface area contributed by atoms with Crippen LogP contribution in [0.5, 0.6) is 11.5 Å². The van der Waals surface area contributed by atoms with Crippen molar-refractivity contribution in [2.24, 2.45) is 10.9 Å². The molecule has 0 heterocycles. The number of nitrogens with two attached hydrogens (primary N) is 1. The van der Waals surface area contributed by atoms with Gasteiger partial charge in [-0.1, -0.05) is 61.5 Å². The van der Waals surface area contributed by atoms with Gasteiger partial charge in [-0.3, -0.25) is 5.32 Å². The summed E-state index contributed by atoms with van der Waals surface area (Å²) in [6, 6.07) is 16.9. The minimum atomic E-state index is -5.04. The van der Waals surface area contributed by atoms with E-state index in [-0.39, 0.29) is 35.7 Å². The zero-order valence-corrected chi connectivity index (χ0v) is 22.1. The summed E-state index contributed by atoms with van der Waals surface area (Å²) in [6.07, 6.45) is -9.95. The minimum Gasteiger partial charge on any atom is -0.426 e. The van der Waals surface area contributed by atoms with Crippen LogP contribution in [0.4, 0.5) is 31.1 Å². The molecule has 0 aromatic heterocycles. The first-order valence-corrected chi connectivity index (χ1v) is 12.2. The number of urea groups is 1. The van der Waals surface area contributed by atoms with Gasteiger partial charge in [0.05, 0.1) is 5.54 Å². The molecule has 3 aromatic rings. The fraction of sp³-hybridized carbons (Fsp3) is 0.214. The van der Waals surface area contributed by atoms with Gasteiger partial charge in [-0.25, -0.2) is 4.79 Å². The van der Waals surface area contributed by atoms with Crippen LogP contribution in [0, 0.1) is 0 Å². The summed E-state index contributed by atoms with van der Waals surface area (Å²) in [4.78, 5) is 13.3. The lowest BCUT2D eigenvalue weighted by Gasteiger charge is -2.37. The van der Waals surface area contributed by atoms with E-state index in [1.54, 1.807) is 37.3 Å². The van der Waals surface area contributed by atoms with Crippen molar-refractivity contribution in [2.45, 2.75) is 38.0 Å². The summed E-state index contributed by atoms with van der Waals surface area (Å²) < 4.78 is 92.1. The highest BCUT2D eigenvalue weighted by molar-refractivity contribution is 5.80. The summed E-state index contributed by atoms with van der Waals surface area (Å²) in [6.45, 7) is 5.25. The number of carbonyl (C=O) groups excluding carboxylic acids is 1. The summed E-state index contributed by atoms with van der Waals surface area (Å²) >= 11 is 0. The van der Waals surface area contributed by atoms with Crippen LogP contribution in [0.1, 0.15) is 30.0 Å². The van der Waals surface area contributed by atoms with Gasteiger partial charge in [0.15, 0.2) is 5.88 Å². The number of amides is 2. The molecule has 0 saturated heterocycles. The number of nitrogens with one attached hydrogen (secondary N) is 2. The molecule has 3 rings (SSSR count). The second-order valence-electron chi connectivity index (χ2n) is 8.70. The van der Waals surface area contributed by atoms with Crippen LogP contribution in [-0.2, 0) is 16.7 Å². The Morgan fingerprint density at radius 1 is 0.857 bits per heavy atom. The summed E-state index contributed by atoms with van der Waals surface area (Å²) in [7, 11) is 0. The predicted molar refractivity (Wildman–Crippen MR) is 141 cm³/mol. The molecule has 0 fully saturated rings. The molecule has 0 aliphatic heterocycles. The molecule has 2 amide bonds. The number of nitrogens with zero attached hydrogens (tertiary/aromatic N) is 1. The average Bonchev–Trinajstić information content (AvgIpc) is 2.90. The molecule has 14 heteroatoms. The van der Waals surface area contributed by atoms with Crippen molar-refractivity contribution < 1.29 is 45.3 Å². The molecule has 0 bridgehead atoms. The van der Waals surface area contributed by atoms with Gasteiger partial charge in [0, 0.05) is 12.8 Å². The number of rotatable bonds is 10. The highest BCUT2D eigenvalue weighted by Crippen LogP contribution is 2.38. The Hall–Kier alpha value is -4.88. The number of hydrazone groups is 1. The van der Waals surface area contributed by atoms with E-state index >= 15 is 0 Å². The normalized spacial score (nSPS) is 12.3. The third kappa shape index (κ3) is 9.08. The first kappa shape index (κ1) is 31.6. The van der Waals surface area contributed by atoms with E-state index in [0.717, 1.165) is 24.3 Å². The topological polar surface area (TPSA) is 107 Å². The van der Waals surface area contributed by atoms with Gasteiger partial charge in [-0.05, 0) is 47.5 Å². The van der Waals surface area contributed by atoms with E-state index in [4.69, 9.17) is 10.6 Å². The first-order valence-electron chi connectivity index (χ1n) is 12.2. The van der Waals surface area contributed by atoms with Crippen molar-refractivity contribution in [1.29, 1.82) is 0 Å². The maximum atomic E-state index is 13.3. The van der Waals surface area contributed by atoms with Gasteiger partial charge in [0.1, 0.15) is 11.5 Å². The van der Waals surface area contributed by atoms with E-state index in [1.807, 2.05) is 0 Å². The molecule has 0 atom stereocenters. The summed E-state index contributed by atoms with van der Waals surface area (Å²) in [5.41, 5.74) is -1.15. The molecule has 0 aliphatic rings. The van der Waals surface area contributed by atoms with Crippen LogP contribution in [0.15, 0.2) is 96.4 Å². The Morgan fingerprint density at radius 3 is 1.83 bits per heavy atom. The largest absolute Gasteiger partial charge is 0.573 e. The van der Waals surface area contributed by atoms with Gasteiger partial charge >= 0.3 is 18.8 Å². The maximum Gasteiger partial charge on any atom is 0.573 e. The SMILES string of the molecule is C=C(NC(=O)NC(Cc1ccccc1)(c1cccc(OC(F)(F)F)c1)c1cccc(OC(F)(F)F)c1)O/C(CC)=N\N. The number of halogens is 6. The number of alkyl halides is 6. The number of hydrogen-bond donors (Lipinski definition) is 3. The van der Waals surface area contributed by atoms with Crippen molar-refractivity contribution in [3.63, 3.8) is 0 Å². The molecular formula is C28H26F6N4O4. The van der Waals surface area contributed by atoms with Crippen molar-refractivity contribution in [3.8, 4) is 11.5 Å². The average molecular weight is 597 g/mol. The van der Waals surface area contributed by atoms with E-state index in [2.05, 4.69) is 31.8 Å². The summed E-state index contributed by atoms with van der Waals surface area (Å²) in [5.74, 6) is 3.72. The first-order chi connectivity index (χ1) is 19.7. The highest BCUT2D eigenvalue weighted by Gasteiger charge is 2.39. The lowest BCUT2D eigenvalue weighted by molar-refractivity contribution is -0.275. The molecule has 3 aromatic carbocycles. The number of carbonyl (C=O) groups is 1. The lowest BCUT2D eigenvalue weighted by Crippen LogP contribution is -2.52. The Balaban J connectivity index is 2.19. The van der Waals surface area contributed by atoms with E-state index in [1.165, 1.54) is 24.3 Å². The van der Waals surface area contributed by atoms with Crippen LogP contribution in [0.25, 0.3) is 0 Å². The van der Waals surface area contributed by atoms with E-state index in [9.17, 15) is 31.1 Å². The van der Waals surface area contributed by atoms with Crippen molar-refractivity contribution >= 4 is 11.9 Å². The Kier molecular flexibility index (Phi) is 9.94. The van der Waals surface area contributed by atoms with Crippen molar-refractivity contribution in [1.82, 2.24) is 10.6 Å². The standard InChI is InChI=1S/C28H26F6N4O4/c1-3-24(38-35)40-18(2)36-25(39)37-26(17-19-9-5-4-6-10-19,20-11-7-13-22(15-20)41-27(29,30)31)21-12-8-14-23(16-21)42-28(32,33)34/h4-16H,2-3,17,35H2,1H3,(H2,36,37,39)/b38-24-. The monoisotopic (exact) mass is 596 g/mol. The fourth-order valence-electron chi connectivity index (χ4n) is 4.09. The van der Waals surface area contributed by atoms with Crippen LogP contribution >= 0.6 is 0 Å². The van der Waals surface area contributed by atoms with Crippen LogP contribution in [-0.4, -0.2) is 24.7 Å². The molecule has 4 N–H and O–H groups in total. The van der Waals surface area contributed by atoms with E-state index in [0.29, 0.717) is 5.56 Å². The zero-order chi connectivity index (χ0) is 31.0. The summed E-state index contributed by atoms with van der Waals surface area (Å²) in [5, 5.41) is 8.44. The fourth-order valence-corrected chi connectivity index (χ4v) is 4.09. The van der Waals surface area contributed by atoms with Gasteiger partial charge in [0.25, 0.3) is 0 Å². The molecule has 0 radical (unpaired) electrons. The van der Waals surface area contributed by atoms with E-state index < -0.39 is 35.8 Å². The Morgan fingerprint density at radius 2 is 1.38 bits per heavy atom. The molecular weight excluding hydrogens is 570 g/mol. The van der Waals surface area contributed by atoms with Gasteiger partial charge in [-0.2, -0.15) is 0 Å². The number of benzene rings is 3. The van der Waals surface area contributed by atoms with Gasteiger partial charge < -0.3 is 25.4 Å². The van der Waals surface area contributed by atoms with Crippen molar-refractivity contribution in [3.05, 3.63) is 108 Å². The van der Waals surface area contributed by atoms with Crippen LogP contribution < -0.4 is 25.9 Å².